The van der Waals surface area contributed by atoms with Gasteiger partial charge in [0.05, 0.1) is 46.1 Å². The molecular weight excluding hydrogens is 698 g/mol. The molecule has 0 spiro atoms. The van der Waals surface area contributed by atoms with Crippen LogP contribution in [0.3, 0.4) is 0 Å². The van der Waals surface area contributed by atoms with Gasteiger partial charge in [0, 0.05) is 47.1 Å². The molecule has 5 atom stereocenters. The maximum atomic E-state index is 12.0. The minimum absolute atomic E-state index is 0.0286. The van der Waals surface area contributed by atoms with Gasteiger partial charge in [-0.25, -0.2) is 10.3 Å². The lowest BCUT2D eigenvalue weighted by Gasteiger charge is -2.44. The molecule has 1 heterocycles. The van der Waals surface area contributed by atoms with E-state index in [0.29, 0.717) is 12.8 Å². The standard InChI is InChI=1S/C32H53N3O17/c1-21(36)34-29-31(51-24(4)39)30(50-23(3)38)25(19-48-22(2)37)52-32(29)47-18-17-45-16-15-44-14-12-33-26(40)11-13-46-20-49-35-27(41)9-7-5-6-8-10-28(42)43/h25,29-32H,5-20H2,1-4H3,(H,33,40)(H,34,36)(H,35,41)(H,42,43). The fourth-order valence-electron chi connectivity index (χ4n) is 4.67. The molecule has 52 heavy (non-hydrogen) atoms. The van der Waals surface area contributed by atoms with Crippen LogP contribution in [0.2, 0.25) is 0 Å². The zero-order valence-corrected chi connectivity index (χ0v) is 30.2. The zero-order chi connectivity index (χ0) is 38.7. The van der Waals surface area contributed by atoms with Gasteiger partial charge in [-0.2, -0.15) is 0 Å². The minimum Gasteiger partial charge on any atom is -0.481 e. The van der Waals surface area contributed by atoms with Crippen LogP contribution in [0, 0.1) is 0 Å². The predicted octanol–water partition coefficient (Wildman–Crippen LogP) is -0.354. The van der Waals surface area contributed by atoms with Crippen LogP contribution in [0.4, 0.5) is 0 Å². The fraction of sp³-hybridized carbons (Fsp3) is 0.781. The molecule has 0 aromatic carbocycles. The molecule has 0 bridgehead atoms. The maximum Gasteiger partial charge on any atom is 0.303 e. The molecule has 0 aromatic rings. The van der Waals surface area contributed by atoms with Gasteiger partial charge in [-0.05, 0) is 12.8 Å². The highest BCUT2D eigenvalue weighted by Gasteiger charge is 2.51. The number of esters is 3. The summed E-state index contributed by atoms with van der Waals surface area (Å²) in [4.78, 5) is 86.2. The summed E-state index contributed by atoms with van der Waals surface area (Å²) in [5.74, 6) is -3.97. The minimum atomic E-state index is -1.23. The predicted molar refractivity (Wildman–Crippen MR) is 175 cm³/mol. The number of amides is 3. The van der Waals surface area contributed by atoms with Gasteiger partial charge < -0.3 is 53.6 Å². The number of unbranched alkanes of at least 4 members (excludes halogenated alkanes) is 3. The Morgan fingerprint density at radius 2 is 1.31 bits per heavy atom. The summed E-state index contributed by atoms with van der Waals surface area (Å²) in [5.41, 5.74) is 2.24. The lowest BCUT2D eigenvalue weighted by molar-refractivity contribution is -0.279. The number of rotatable bonds is 28. The van der Waals surface area contributed by atoms with E-state index in [2.05, 4.69) is 16.1 Å². The number of nitrogens with one attached hydrogen (secondary N) is 3. The number of carbonyl (C=O) groups excluding carboxylic acids is 6. The van der Waals surface area contributed by atoms with Gasteiger partial charge in [0.25, 0.3) is 0 Å². The third-order valence-electron chi connectivity index (χ3n) is 6.87. The summed E-state index contributed by atoms with van der Waals surface area (Å²) < 4.78 is 43.6. The number of hydroxylamine groups is 1. The van der Waals surface area contributed by atoms with Crippen molar-refractivity contribution in [2.75, 3.05) is 59.6 Å². The molecule has 3 amide bonds. The van der Waals surface area contributed by atoms with Crippen LogP contribution in [-0.4, -0.2) is 137 Å². The number of carbonyl (C=O) groups is 7. The Bertz CT molecular complexity index is 1120. The number of ether oxygens (including phenoxy) is 8. The van der Waals surface area contributed by atoms with Crippen LogP contribution in [0.15, 0.2) is 0 Å². The highest BCUT2D eigenvalue weighted by Crippen LogP contribution is 2.28. The first kappa shape index (κ1) is 46.1. The van der Waals surface area contributed by atoms with Crippen molar-refractivity contribution < 1.29 is 81.4 Å². The maximum absolute atomic E-state index is 12.0. The summed E-state index contributed by atoms with van der Waals surface area (Å²) >= 11 is 0. The SMILES string of the molecule is CC(=O)NC1C(OCCOCCOCCNC(=O)CCOCONC(=O)CCCCCCC(=O)O)OC(COC(C)=O)C(OC(C)=O)C1OC(C)=O. The molecule has 0 aromatic heterocycles. The summed E-state index contributed by atoms with van der Waals surface area (Å²) in [6, 6.07) is -1.09. The molecule has 1 aliphatic heterocycles. The van der Waals surface area contributed by atoms with Crippen molar-refractivity contribution in [1.82, 2.24) is 16.1 Å². The van der Waals surface area contributed by atoms with E-state index < -0.39 is 60.4 Å². The van der Waals surface area contributed by atoms with Crippen LogP contribution >= 0.6 is 0 Å². The van der Waals surface area contributed by atoms with Crippen molar-refractivity contribution >= 4 is 41.6 Å². The first-order valence-electron chi connectivity index (χ1n) is 16.9. The third kappa shape index (κ3) is 22.8. The highest BCUT2D eigenvalue weighted by molar-refractivity contribution is 5.76. The monoisotopic (exact) mass is 751 g/mol. The molecule has 0 radical (unpaired) electrons. The topological polar surface area (TPSA) is 259 Å². The third-order valence-corrected chi connectivity index (χ3v) is 6.87. The smallest absolute Gasteiger partial charge is 0.303 e. The Morgan fingerprint density at radius 3 is 1.94 bits per heavy atom. The van der Waals surface area contributed by atoms with Gasteiger partial charge >= 0.3 is 23.9 Å². The molecule has 20 nitrogen and oxygen atoms in total. The van der Waals surface area contributed by atoms with Crippen molar-refractivity contribution in [3.05, 3.63) is 0 Å². The van der Waals surface area contributed by atoms with Gasteiger partial charge in [0.1, 0.15) is 18.8 Å². The quantitative estimate of drug-likeness (QED) is 0.0262. The van der Waals surface area contributed by atoms with E-state index in [4.69, 9.17) is 47.8 Å². The first-order chi connectivity index (χ1) is 24.8. The van der Waals surface area contributed by atoms with Crippen molar-refractivity contribution in [3.8, 4) is 0 Å². The Morgan fingerprint density at radius 1 is 0.673 bits per heavy atom. The Labute approximate surface area is 302 Å². The van der Waals surface area contributed by atoms with Gasteiger partial charge in [-0.3, -0.25) is 33.6 Å². The van der Waals surface area contributed by atoms with Crippen LogP contribution in [0.25, 0.3) is 0 Å². The van der Waals surface area contributed by atoms with E-state index in [1.807, 2.05) is 0 Å². The van der Waals surface area contributed by atoms with Crippen molar-refractivity contribution in [1.29, 1.82) is 0 Å². The van der Waals surface area contributed by atoms with Crippen LogP contribution in [0.1, 0.15) is 72.6 Å². The molecular formula is C32H53N3O17. The van der Waals surface area contributed by atoms with E-state index >= 15 is 0 Å². The van der Waals surface area contributed by atoms with Gasteiger partial charge in [-0.15, -0.1) is 0 Å². The van der Waals surface area contributed by atoms with E-state index in [0.717, 1.165) is 26.7 Å². The Kier molecular flexibility index (Phi) is 24.5. The van der Waals surface area contributed by atoms with Crippen molar-refractivity contribution in [2.24, 2.45) is 0 Å². The molecule has 5 unspecified atom stereocenters. The second kappa shape index (κ2) is 27.7. The first-order valence-corrected chi connectivity index (χ1v) is 16.9. The summed E-state index contributed by atoms with van der Waals surface area (Å²) in [5, 5.41) is 13.9. The Hall–Kier alpha value is -3.95. The lowest BCUT2D eigenvalue weighted by Crippen LogP contribution is -2.66. The van der Waals surface area contributed by atoms with Crippen LogP contribution < -0.4 is 16.1 Å². The summed E-state index contributed by atoms with van der Waals surface area (Å²) in [6.07, 6.45) is -1.63. The molecule has 1 rings (SSSR count). The second-order valence-electron chi connectivity index (χ2n) is 11.4. The van der Waals surface area contributed by atoms with Gasteiger partial charge in [0.15, 0.2) is 25.3 Å². The van der Waals surface area contributed by atoms with Gasteiger partial charge in [-0.1, -0.05) is 12.8 Å². The van der Waals surface area contributed by atoms with E-state index in [9.17, 15) is 33.6 Å². The van der Waals surface area contributed by atoms with Crippen molar-refractivity contribution in [3.63, 3.8) is 0 Å². The average Bonchev–Trinajstić information content (AvgIpc) is 3.05. The molecule has 0 saturated carbocycles. The Balaban J connectivity index is 2.26. The van der Waals surface area contributed by atoms with E-state index in [1.165, 1.54) is 13.8 Å². The highest BCUT2D eigenvalue weighted by atomic mass is 16.8. The number of hydrogen-bond acceptors (Lipinski definition) is 16. The number of carboxylic acids is 1. The normalized spacial score (nSPS) is 19.6. The largest absolute Gasteiger partial charge is 0.481 e. The molecule has 298 valence electrons. The number of aliphatic carboxylic acids is 1. The summed E-state index contributed by atoms with van der Waals surface area (Å²) in [7, 11) is 0. The lowest BCUT2D eigenvalue weighted by atomic mass is 9.96. The molecule has 4 N–H and O–H groups in total. The molecule has 1 aliphatic rings. The molecule has 20 heteroatoms. The number of hydrogen-bond donors (Lipinski definition) is 4. The van der Waals surface area contributed by atoms with Crippen LogP contribution in [0.5, 0.6) is 0 Å². The zero-order valence-electron chi connectivity index (χ0n) is 30.2. The van der Waals surface area contributed by atoms with E-state index in [-0.39, 0.29) is 90.7 Å². The van der Waals surface area contributed by atoms with Crippen molar-refractivity contribution in [2.45, 2.75) is 103 Å². The number of carboxylic acid groups (broad SMARTS) is 1. The average molecular weight is 752 g/mol. The summed E-state index contributed by atoms with van der Waals surface area (Å²) in [6.45, 7) is 5.13. The fourth-order valence-corrected chi connectivity index (χ4v) is 4.67. The van der Waals surface area contributed by atoms with Gasteiger partial charge in [0.2, 0.25) is 17.7 Å². The molecule has 1 fully saturated rings. The van der Waals surface area contributed by atoms with E-state index in [1.54, 1.807) is 0 Å². The second-order valence-corrected chi connectivity index (χ2v) is 11.4. The molecule has 1 saturated heterocycles. The molecule has 0 aliphatic carbocycles. The van der Waals surface area contributed by atoms with Crippen LogP contribution in [-0.2, 0) is 76.3 Å².